The molecule has 1 saturated heterocycles. The Kier molecular flexibility index (Phi) is 6.63. The smallest absolute Gasteiger partial charge is 0.255 e. The average molecular weight is 448 g/mol. The van der Waals surface area contributed by atoms with Crippen molar-refractivity contribution in [3.63, 3.8) is 0 Å². The largest absolute Gasteiger partial charge is 0.497 e. The molecule has 8 heteroatoms. The quantitative estimate of drug-likeness (QED) is 0.580. The number of aromatic nitrogens is 2. The maximum absolute atomic E-state index is 13.7. The molecule has 1 unspecified atom stereocenters. The van der Waals surface area contributed by atoms with Crippen molar-refractivity contribution in [2.45, 2.75) is 12.6 Å². The molecule has 4 rings (SSSR count). The van der Waals surface area contributed by atoms with Crippen LogP contribution in [-0.4, -0.2) is 78.0 Å². The lowest BCUT2D eigenvalue weighted by molar-refractivity contribution is -0.133. The highest BCUT2D eigenvalue weighted by Crippen LogP contribution is 2.25. The van der Waals surface area contributed by atoms with Crippen molar-refractivity contribution >= 4 is 17.5 Å². The van der Waals surface area contributed by atoms with E-state index in [0.717, 1.165) is 17.0 Å². The molecule has 2 heterocycles. The normalized spacial score (nSPS) is 15.9. The molecule has 0 saturated carbocycles. The Hall–Kier alpha value is -3.81. The number of benzene rings is 2. The van der Waals surface area contributed by atoms with Crippen LogP contribution in [0.15, 0.2) is 67.3 Å². The first kappa shape index (κ1) is 22.4. The molecule has 1 atom stereocenters. The number of anilines is 1. The number of hydrogen-bond acceptors (Lipinski definition) is 5. The molecule has 0 spiro atoms. The second-order valence-corrected chi connectivity index (χ2v) is 8.28. The number of amides is 2. The van der Waals surface area contributed by atoms with Crippen LogP contribution in [0.1, 0.15) is 15.9 Å². The van der Waals surface area contributed by atoms with Gasteiger partial charge in [-0.15, -0.1) is 0 Å². The Morgan fingerprint density at radius 2 is 1.85 bits per heavy atom. The number of ether oxygens (including phenoxy) is 1. The zero-order valence-corrected chi connectivity index (χ0v) is 19.2. The van der Waals surface area contributed by atoms with Gasteiger partial charge in [-0.25, -0.2) is 4.98 Å². The van der Waals surface area contributed by atoms with E-state index in [1.807, 2.05) is 59.3 Å². The fraction of sp³-hybridized carbons (Fsp3) is 0.320. The first-order chi connectivity index (χ1) is 16.0. The van der Waals surface area contributed by atoms with Gasteiger partial charge in [0.2, 0.25) is 5.91 Å². The number of carbonyl (C=O) groups is 2. The minimum Gasteiger partial charge on any atom is -0.497 e. The Morgan fingerprint density at radius 1 is 1.09 bits per heavy atom. The number of likely N-dealkylation sites (N-methyl/N-ethyl adjacent to an activating group) is 1. The molecule has 1 aliphatic heterocycles. The zero-order valence-electron chi connectivity index (χ0n) is 19.2. The zero-order chi connectivity index (χ0) is 23.4. The van der Waals surface area contributed by atoms with Gasteiger partial charge in [-0.2, -0.15) is 0 Å². The molecule has 2 aromatic carbocycles. The summed E-state index contributed by atoms with van der Waals surface area (Å²) in [6.45, 7) is 2.06. The molecule has 1 fully saturated rings. The summed E-state index contributed by atoms with van der Waals surface area (Å²) in [5.41, 5.74) is 2.51. The van der Waals surface area contributed by atoms with Gasteiger partial charge in [0, 0.05) is 63.9 Å². The Labute approximate surface area is 194 Å². The predicted octanol–water partition coefficient (Wildman–Crippen LogP) is 2.36. The van der Waals surface area contributed by atoms with Crippen LogP contribution in [0.25, 0.3) is 0 Å². The van der Waals surface area contributed by atoms with Gasteiger partial charge in [-0.05, 0) is 35.9 Å². The fourth-order valence-electron chi connectivity index (χ4n) is 4.16. The summed E-state index contributed by atoms with van der Waals surface area (Å²) in [7, 11) is 5.09. The van der Waals surface area contributed by atoms with Gasteiger partial charge in [-0.1, -0.05) is 18.2 Å². The maximum Gasteiger partial charge on any atom is 0.255 e. The molecule has 0 bridgehead atoms. The van der Waals surface area contributed by atoms with Crippen LogP contribution < -0.4 is 9.64 Å². The Balaban J connectivity index is 1.60. The molecule has 1 aliphatic rings. The van der Waals surface area contributed by atoms with Crippen LogP contribution in [0.3, 0.4) is 0 Å². The maximum atomic E-state index is 13.7. The second kappa shape index (κ2) is 9.77. The van der Waals surface area contributed by atoms with Crippen molar-refractivity contribution in [3.8, 4) is 5.75 Å². The first-order valence-electron chi connectivity index (χ1n) is 10.9. The lowest BCUT2D eigenvalue weighted by atomic mass is 10.0. The van der Waals surface area contributed by atoms with E-state index in [1.54, 1.807) is 43.5 Å². The molecule has 1 aromatic heterocycles. The summed E-state index contributed by atoms with van der Waals surface area (Å²) >= 11 is 0. The molecular weight excluding hydrogens is 418 g/mol. The molecule has 172 valence electrons. The molecule has 2 amide bonds. The lowest BCUT2D eigenvalue weighted by Crippen LogP contribution is -2.60. The molecular formula is C25H29N5O3. The van der Waals surface area contributed by atoms with Crippen LogP contribution >= 0.6 is 0 Å². The van der Waals surface area contributed by atoms with E-state index < -0.39 is 6.04 Å². The number of hydrogen-bond donors (Lipinski definition) is 0. The van der Waals surface area contributed by atoms with Gasteiger partial charge in [-0.3, -0.25) is 9.59 Å². The van der Waals surface area contributed by atoms with E-state index in [4.69, 9.17) is 4.74 Å². The highest BCUT2D eigenvalue weighted by Gasteiger charge is 2.37. The summed E-state index contributed by atoms with van der Waals surface area (Å²) in [4.78, 5) is 36.4. The van der Waals surface area contributed by atoms with Gasteiger partial charge in [0.25, 0.3) is 5.91 Å². The van der Waals surface area contributed by atoms with Gasteiger partial charge < -0.3 is 24.0 Å². The van der Waals surface area contributed by atoms with Crippen LogP contribution in [-0.2, 0) is 11.3 Å². The van der Waals surface area contributed by atoms with Gasteiger partial charge in [0.1, 0.15) is 11.8 Å². The molecule has 0 N–H and O–H groups in total. The van der Waals surface area contributed by atoms with Crippen LogP contribution in [0.2, 0.25) is 0 Å². The number of rotatable bonds is 6. The Morgan fingerprint density at radius 3 is 2.52 bits per heavy atom. The van der Waals surface area contributed by atoms with Crippen molar-refractivity contribution in [1.82, 2.24) is 19.4 Å². The van der Waals surface area contributed by atoms with E-state index in [9.17, 15) is 9.59 Å². The van der Waals surface area contributed by atoms with Crippen molar-refractivity contribution in [3.05, 3.63) is 78.4 Å². The molecule has 3 aromatic rings. The Bertz CT molecular complexity index is 1100. The van der Waals surface area contributed by atoms with E-state index in [1.165, 1.54) is 0 Å². The van der Waals surface area contributed by atoms with Gasteiger partial charge in [0.05, 0.1) is 13.4 Å². The molecule has 33 heavy (non-hydrogen) atoms. The van der Waals surface area contributed by atoms with Crippen molar-refractivity contribution in [2.75, 3.05) is 45.7 Å². The van der Waals surface area contributed by atoms with Gasteiger partial charge >= 0.3 is 0 Å². The standard InChI is InChI=1S/C25H29N5O3/c1-27(2)25(32)23-17-29(20-8-10-21(33-3)11-9-20)14-15-30(23)24(31)22-7-5-4-6-19(22)16-28-13-12-26-18-28/h4-13,18,23H,14-17H2,1-3H3. The van der Waals surface area contributed by atoms with Crippen molar-refractivity contribution in [2.24, 2.45) is 0 Å². The van der Waals surface area contributed by atoms with Crippen molar-refractivity contribution in [1.29, 1.82) is 0 Å². The van der Waals surface area contributed by atoms with Crippen LogP contribution in [0.5, 0.6) is 5.75 Å². The summed E-state index contributed by atoms with van der Waals surface area (Å²) in [6, 6.07) is 14.8. The number of methoxy groups -OCH3 is 1. The monoisotopic (exact) mass is 447 g/mol. The highest BCUT2D eigenvalue weighted by molar-refractivity contribution is 5.99. The topological polar surface area (TPSA) is 70.9 Å². The van der Waals surface area contributed by atoms with Gasteiger partial charge in [0.15, 0.2) is 0 Å². The SMILES string of the molecule is COc1ccc(N2CCN(C(=O)c3ccccc3Cn3ccnc3)C(C(=O)N(C)C)C2)cc1. The highest BCUT2D eigenvalue weighted by atomic mass is 16.5. The number of piperazine rings is 1. The minimum atomic E-state index is -0.579. The summed E-state index contributed by atoms with van der Waals surface area (Å²) in [6.07, 6.45) is 5.31. The average Bonchev–Trinajstić information content (AvgIpc) is 3.36. The number of nitrogens with zero attached hydrogens (tertiary/aromatic N) is 5. The van der Waals surface area contributed by atoms with Crippen LogP contribution in [0, 0.1) is 0 Å². The minimum absolute atomic E-state index is 0.0892. The summed E-state index contributed by atoms with van der Waals surface area (Å²) < 4.78 is 7.18. The number of imidazole rings is 1. The van der Waals surface area contributed by atoms with Crippen LogP contribution in [0.4, 0.5) is 5.69 Å². The summed E-state index contributed by atoms with van der Waals surface area (Å²) in [5.74, 6) is 0.567. The van der Waals surface area contributed by atoms with E-state index >= 15 is 0 Å². The third-order valence-electron chi connectivity index (χ3n) is 5.96. The first-order valence-corrected chi connectivity index (χ1v) is 10.9. The summed E-state index contributed by atoms with van der Waals surface area (Å²) in [5, 5.41) is 0. The molecule has 8 nitrogen and oxygen atoms in total. The molecule has 0 radical (unpaired) electrons. The molecule has 0 aliphatic carbocycles. The van der Waals surface area contributed by atoms with E-state index in [-0.39, 0.29) is 11.8 Å². The predicted molar refractivity (Wildman–Crippen MR) is 126 cm³/mol. The van der Waals surface area contributed by atoms with E-state index in [2.05, 4.69) is 9.88 Å². The third-order valence-corrected chi connectivity index (χ3v) is 5.96. The third kappa shape index (κ3) is 4.84. The van der Waals surface area contributed by atoms with Crippen molar-refractivity contribution < 1.29 is 14.3 Å². The second-order valence-electron chi connectivity index (χ2n) is 8.28. The number of carbonyl (C=O) groups excluding carboxylic acids is 2. The lowest BCUT2D eigenvalue weighted by Gasteiger charge is -2.42. The van der Waals surface area contributed by atoms with E-state index in [0.29, 0.717) is 31.7 Å². The fourth-order valence-corrected chi connectivity index (χ4v) is 4.16.